The van der Waals surface area contributed by atoms with Gasteiger partial charge in [-0.25, -0.2) is 4.99 Å². The summed E-state index contributed by atoms with van der Waals surface area (Å²) in [4.78, 5) is 16.6. The third-order valence-corrected chi connectivity index (χ3v) is 4.44. The minimum Gasteiger partial charge on any atom is -0.459 e. The Bertz CT molecular complexity index is 1050. The van der Waals surface area contributed by atoms with Crippen LogP contribution in [0, 0.1) is 0 Å². The summed E-state index contributed by atoms with van der Waals surface area (Å²) in [5.74, 6) is 0.398. The number of aliphatic imine (C=N–C) groups is 1. The Balaban J connectivity index is 1.60. The van der Waals surface area contributed by atoms with E-state index < -0.39 is 11.7 Å². The zero-order valence-corrected chi connectivity index (χ0v) is 17.4. The van der Waals surface area contributed by atoms with Crippen LogP contribution >= 0.6 is 0 Å². The number of carbonyl (C=O) groups is 1. The third-order valence-electron chi connectivity index (χ3n) is 4.44. The maximum Gasteiger partial charge on any atom is 0.416 e. The molecule has 0 aliphatic carbocycles. The molecule has 3 aromatic rings. The first-order chi connectivity index (χ1) is 15.3. The van der Waals surface area contributed by atoms with Crippen molar-refractivity contribution in [2.45, 2.75) is 26.2 Å². The Kier molecular flexibility index (Phi) is 7.54. The van der Waals surface area contributed by atoms with Crippen molar-refractivity contribution in [2.75, 3.05) is 11.9 Å². The summed E-state index contributed by atoms with van der Waals surface area (Å²) >= 11 is 0. The normalized spacial score (nSPS) is 11.8. The van der Waals surface area contributed by atoms with Crippen LogP contribution in [0.25, 0.3) is 0 Å². The molecule has 0 aliphatic heterocycles. The first kappa shape index (κ1) is 22.9. The van der Waals surface area contributed by atoms with Gasteiger partial charge in [0.1, 0.15) is 0 Å². The molecule has 0 bridgehead atoms. The molecule has 3 N–H and O–H groups in total. The monoisotopic (exact) mass is 444 g/mol. The fourth-order valence-corrected chi connectivity index (χ4v) is 2.86. The molecule has 168 valence electrons. The van der Waals surface area contributed by atoms with Crippen molar-refractivity contribution in [3.05, 3.63) is 89.4 Å². The number of nitrogens with one attached hydrogen (secondary N) is 3. The Hall–Kier alpha value is -3.75. The number of guanidine groups is 1. The van der Waals surface area contributed by atoms with Gasteiger partial charge in [-0.1, -0.05) is 24.3 Å². The van der Waals surface area contributed by atoms with E-state index in [1.165, 1.54) is 18.4 Å². The number of benzene rings is 2. The van der Waals surface area contributed by atoms with Crippen molar-refractivity contribution in [2.24, 2.45) is 4.99 Å². The van der Waals surface area contributed by atoms with Gasteiger partial charge >= 0.3 is 6.18 Å². The Labute approximate surface area is 183 Å². The van der Waals surface area contributed by atoms with Crippen LogP contribution < -0.4 is 16.0 Å². The fraction of sp³-hybridized carbons (Fsp3) is 0.217. The number of furan rings is 1. The van der Waals surface area contributed by atoms with E-state index in [0.717, 1.165) is 17.7 Å². The first-order valence-electron chi connectivity index (χ1n) is 9.97. The second-order valence-corrected chi connectivity index (χ2v) is 6.88. The molecule has 0 radical (unpaired) electrons. The molecule has 0 atom stereocenters. The summed E-state index contributed by atoms with van der Waals surface area (Å²) in [5, 5.41) is 8.97. The summed E-state index contributed by atoms with van der Waals surface area (Å²) in [6.45, 7) is 3.20. The van der Waals surface area contributed by atoms with Crippen LogP contribution in [-0.4, -0.2) is 18.4 Å². The van der Waals surface area contributed by atoms with Gasteiger partial charge < -0.3 is 20.4 Å². The van der Waals surface area contributed by atoms with E-state index in [2.05, 4.69) is 20.9 Å². The largest absolute Gasteiger partial charge is 0.459 e. The summed E-state index contributed by atoms with van der Waals surface area (Å²) in [7, 11) is 0. The molecule has 3 rings (SSSR count). The molecule has 1 aromatic heterocycles. The molecule has 32 heavy (non-hydrogen) atoms. The summed E-state index contributed by atoms with van der Waals surface area (Å²) in [5.41, 5.74) is 1.50. The Morgan fingerprint density at radius 1 is 1.00 bits per heavy atom. The zero-order chi connectivity index (χ0) is 23.0. The summed E-state index contributed by atoms with van der Waals surface area (Å²) in [6.07, 6.45) is -2.92. The molecule has 0 spiro atoms. The van der Waals surface area contributed by atoms with Crippen LogP contribution in [0.5, 0.6) is 0 Å². The predicted molar refractivity (Wildman–Crippen MR) is 116 cm³/mol. The molecule has 0 saturated carbocycles. The van der Waals surface area contributed by atoms with Crippen LogP contribution in [0.1, 0.15) is 34.2 Å². The van der Waals surface area contributed by atoms with Crippen LogP contribution in [0.2, 0.25) is 0 Å². The molecule has 0 unspecified atom stereocenters. The number of halogens is 3. The topological polar surface area (TPSA) is 78.7 Å². The number of amides is 1. The lowest BCUT2D eigenvalue weighted by Gasteiger charge is -2.12. The summed E-state index contributed by atoms with van der Waals surface area (Å²) < 4.78 is 43.2. The van der Waals surface area contributed by atoms with Gasteiger partial charge in [0.25, 0.3) is 5.91 Å². The number of hydrogen-bond acceptors (Lipinski definition) is 3. The quantitative estimate of drug-likeness (QED) is 0.361. The van der Waals surface area contributed by atoms with Gasteiger partial charge in [0.2, 0.25) is 0 Å². The van der Waals surface area contributed by atoms with Gasteiger partial charge in [-0.05, 0) is 54.4 Å². The minimum absolute atomic E-state index is 0.218. The number of nitrogens with zero attached hydrogens (tertiary/aromatic N) is 1. The molecule has 0 aliphatic rings. The molecule has 1 amide bonds. The van der Waals surface area contributed by atoms with E-state index in [0.29, 0.717) is 36.8 Å². The highest BCUT2D eigenvalue weighted by molar-refractivity contribution is 6.02. The number of hydrogen-bond donors (Lipinski definition) is 3. The van der Waals surface area contributed by atoms with Gasteiger partial charge in [-0.2, -0.15) is 13.2 Å². The van der Waals surface area contributed by atoms with Crippen LogP contribution in [0.15, 0.2) is 76.3 Å². The highest BCUT2D eigenvalue weighted by Gasteiger charge is 2.29. The van der Waals surface area contributed by atoms with Gasteiger partial charge in [0.05, 0.1) is 18.4 Å². The first-order valence-corrected chi connectivity index (χ1v) is 9.97. The third kappa shape index (κ3) is 6.63. The van der Waals surface area contributed by atoms with Crippen molar-refractivity contribution in [3.8, 4) is 0 Å². The zero-order valence-electron chi connectivity index (χ0n) is 17.4. The predicted octanol–water partition coefficient (Wildman–Crippen LogP) is 4.81. The van der Waals surface area contributed by atoms with Crippen molar-refractivity contribution in [3.63, 3.8) is 0 Å². The molecule has 1 heterocycles. The number of carbonyl (C=O) groups excluding carboxylic acids is 1. The SMILES string of the molecule is CCNC(=NCc1cccc(NC(=O)c2ccco2)c1)NCc1ccc(C(F)(F)F)cc1. The second-order valence-electron chi connectivity index (χ2n) is 6.88. The van der Waals surface area contributed by atoms with Crippen LogP contribution in [0.4, 0.5) is 18.9 Å². The van der Waals surface area contributed by atoms with Gasteiger partial charge in [-0.15, -0.1) is 0 Å². The average Bonchev–Trinajstić information content (AvgIpc) is 3.31. The van der Waals surface area contributed by atoms with E-state index >= 15 is 0 Å². The lowest BCUT2D eigenvalue weighted by Crippen LogP contribution is -2.36. The molecule has 0 saturated heterocycles. The number of alkyl halides is 3. The maximum absolute atomic E-state index is 12.7. The molecule has 6 nitrogen and oxygen atoms in total. The number of rotatable bonds is 7. The van der Waals surface area contributed by atoms with Crippen molar-refractivity contribution < 1.29 is 22.4 Å². The van der Waals surface area contributed by atoms with Crippen molar-refractivity contribution in [1.29, 1.82) is 0 Å². The number of anilines is 1. The molecule has 2 aromatic carbocycles. The average molecular weight is 444 g/mol. The van der Waals surface area contributed by atoms with Crippen molar-refractivity contribution >= 4 is 17.6 Å². The molecule has 0 fully saturated rings. The highest BCUT2D eigenvalue weighted by Crippen LogP contribution is 2.29. The van der Waals surface area contributed by atoms with Crippen molar-refractivity contribution in [1.82, 2.24) is 10.6 Å². The van der Waals surface area contributed by atoms with Gasteiger partial charge in [0.15, 0.2) is 11.7 Å². The Morgan fingerprint density at radius 3 is 2.44 bits per heavy atom. The minimum atomic E-state index is -4.35. The van der Waals surface area contributed by atoms with Gasteiger partial charge in [-0.3, -0.25) is 4.79 Å². The highest BCUT2D eigenvalue weighted by atomic mass is 19.4. The van der Waals surface area contributed by atoms with E-state index in [4.69, 9.17) is 4.42 Å². The second kappa shape index (κ2) is 10.5. The molecule has 9 heteroatoms. The van der Waals surface area contributed by atoms with E-state index in [1.807, 2.05) is 25.1 Å². The lowest BCUT2D eigenvalue weighted by molar-refractivity contribution is -0.137. The molecular formula is C23H23F3N4O2. The Morgan fingerprint density at radius 2 is 1.78 bits per heavy atom. The van der Waals surface area contributed by atoms with Crippen LogP contribution in [-0.2, 0) is 19.3 Å². The molecular weight excluding hydrogens is 421 g/mol. The summed E-state index contributed by atoms with van der Waals surface area (Å²) in [6, 6.07) is 15.5. The lowest BCUT2D eigenvalue weighted by atomic mass is 10.1. The van der Waals surface area contributed by atoms with E-state index in [1.54, 1.807) is 18.2 Å². The maximum atomic E-state index is 12.7. The van der Waals surface area contributed by atoms with Crippen LogP contribution in [0.3, 0.4) is 0 Å². The van der Waals surface area contributed by atoms with E-state index in [-0.39, 0.29) is 11.7 Å². The standard InChI is InChI=1S/C23H23F3N4O2/c1-2-27-22(28-14-16-8-10-18(11-9-16)23(24,25)26)29-15-17-5-3-6-19(13-17)30-21(31)20-7-4-12-32-20/h3-13H,2,14-15H2,1H3,(H,30,31)(H2,27,28,29). The fourth-order valence-electron chi connectivity index (χ4n) is 2.86. The smallest absolute Gasteiger partial charge is 0.416 e. The van der Waals surface area contributed by atoms with E-state index in [9.17, 15) is 18.0 Å². The van der Waals surface area contributed by atoms with Gasteiger partial charge in [0, 0.05) is 18.8 Å².